The third-order valence-corrected chi connectivity index (χ3v) is 8.08. The average Bonchev–Trinajstić information content (AvgIpc) is 3.45. The van der Waals surface area contributed by atoms with Crippen LogP contribution in [0.5, 0.6) is 0 Å². The molecular weight excluding hydrogens is 432 g/mol. The quantitative estimate of drug-likeness (QED) is 0.671. The highest BCUT2D eigenvalue weighted by atomic mass is 16.6. The summed E-state index contributed by atoms with van der Waals surface area (Å²) in [4.78, 5) is 23.7. The van der Waals surface area contributed by atoms with Crippen molar-refractivity contribution in [1.29, 1.82) is 0 Å². The van der Waals surface area contributed by atoms with Crippen LogP contribution in [0.15, 0.2) is 30.7 Å². The molecule has 1 atom stereocenters. The van der Waals surface area contributed by atoms with Crippen molar-refractivity contribution in [2.45, 2.75) is 38.3 Å². The molecule has 1 aliphatic carbocycles. The second kappa shape index (κ2) is 8.85. The molecule has 5 heterocycles. The summed E-state index contributed by atoms with van der Waals surface area (Å²) in [6.45, 7) is 9.59. The lowest BCUT2D eigenvalue weighted by Crippen LogP contribution is -2.58. The van der Waals surface area contributed by atoms with E-state index >= 15 is 0 Å². The summed E-state index contributed by atoms with van der Waals surface area (Å²) in [5, 5.41) is 4.57. The zero-order chi connectivity index (χ0) is 23.1. The molecule has 0 bridgehead atoms. The highest BCUT2D eigenvalue weighted by molar-refractivity contribution is 5.75. The minimum atomic E-state index is -0.150. The topological polar surface area (TPSA) is 76.0 Å². The van der Waals surface area contributed by atoms with Gasteiger partial charge in [0.15, 0.2) is 0 Å². The summed E-state index contributed by atoms with van der Waals surface area (Å²) in [6, 6.07) is 5.14. The smallest absolute Gasteiger partial charge is 0.409 e. The molecule has 4 aliphatic rings. The minimum absolute atomic E-state index is 0.150. The Morgan fingerprint density at radius 1 is 1.21 bits per heavy atom. The molecule has 0 aromatic carbocycles. The predicted molar refractivity (Wildman–Crippen MR) is 128 cm³/mol. The summed E-state index contributed by atoms with van der Waals surface area (Å²) in [5.74, 6) is 1.05. The summed E-state index contributed by atoms with van der Waals surface area (Å²) in [7, 11) is 0. The fraction of sp³-hybridized carbons (Fsp3) is 0.640. The number of piperazine rings is 1. The normalized spacial score (nSPS) is 24.8. The van der Waals surface area contributed by atoms with E-state index in [1.165, 1.54) is 19.3 Å². The number of hydrogen-bond donors (Lipinski definition) is 0. The number of aromatic nitrogens is 3. The van der Waals surface area contributed by atoms with Gasteiger partial charge >= 0.3 is 6.09 Å². The van der Waals surface area contributed by atoms with Crippen LogP contribution < -0.4 is 4.90 Å². The molecule has 3 aliphatic heterocycles. The number of rotatable bonds is 5. The number of pyridine rings is 1. The number of carbonyl (C=O) groups is 1. The van der Waals surface area contributed by atoms with E-state index in [1.807, 2.05) is 35.0 Å². The number of likely N-dealkylation sites (tertiary alicyclic amines) is 1. The first-order chi connectivity index (χ1) is 16.6. The zero-order valence-corrected chi connectivity index (χ0v) is 19.9. The van der Waals surface area contributed by atoms with Crippen molar-refractivity contribution >= 4 is 11.9 Å². The van der Waals surface area contributed by atoms with Crippen LogP contribution in [0.25, 0.3) is 11.1 Å². The monoisotopic (exact) mass is 466 g/mol. The maximum Gasteiger partial charge on any atom is 0.409 e. The van der Waals surface area contributed by atoms with Crippen molar-refractivity contribution in [3.63, 3.8) is 0 Å². The van der Waals surface area contributed by atoms with Crippen LogP contribution in [-0.4, -0.2) is 95.8 Å². The molecule has 2 aromatic rings. The van der Waals surface area contributed by atoms with Gasteiger partial charge in [0.25, 0.3) is 0 Å². The fourth-order valence-electron chi connectivity index (χ4n) is 6.11. The van der Waals surface area contributed by atoms with E-state index in [0.717, 1.165) is 69.4 Å². The van der Waals surface area contributed by atoms with Gasteiger partial charge in [-0.25, -0.2) is 9.78 Å². The van der Waals surface area contributed by atoms with Gasteiger partial charge in [0.1, 0.15) is 5.82 Å². The third-order valence-electron chi connectivity index (χ3n) is 8.08. The Hall–Kier alpha value is -2.65. The van der Waals surface area contributed by atoms with Crippen LogP contribution in [0, 0.1) is 5.41 Å². The molecule has 0 radical (unpaired) electrons. The molecule has 6 rings (SSSR count). The second-order valence-corrected chi connectivity index (χ2v) is 10.2. The Bertz CT molecular complexity index is 1020. The largest absolute Gasteiger partial charge is 0.450 e. The van der Waals surface area contributed by atoms with Gasteiger partial charge in [-0.2, -0.15) is 5.10 Å². The van der Waals surface area contributed by atoms with Crippen molar-refractivity contribution < 1.29 is 14.3 Å². The number of ether oxygens (including phenoxy) is 2. The van der Waals surface area contributed by atoms with Gasteiger partial charge < -0.3 is 19.3 Å². The van der Waals surface area contributed by atoms with E-state index in [-0.39, 0.29) is 6.09 Å². The SMILES string of the molecule is CCOC(=O)N1CC2(CC[C@@H](N3CCN(c4ncccc4-c4cnn(C5COC5)c4)CC3)C2)C1. The van der Waals surface area contributed by atoms with Crippen molar-refractivity contribution in [2.24, 2.45) is 5.41 Å². The van der Waals surface area contributed by atoms with Gasteiger partial charge in [-0.3, -0.25) is 9.58 Å². The molecular formula is C25H34N6O3. The number of carbonyl (C=O) groups excluding carboxylic acids is 1. The number of anilines is 1. The summed E-state index contributed by atoms with van der Waals surface area (Å²) < 4.78 is 12.5. The van der Waals surface area contributed by atoms with Gasteiger partial charge in [0.05, 0.1) is 32.1 Å². The Morgan fingerprint density at radius 2 is 2.03 bits per heavy atom. The van der Waals surface area contributed by atoms with E-state index < -0.39 is 0 Å². The lowest BCUT2D eigenvalue weighted by molar-refractivity contribution is -0.0286. The lowest BCUT2D eigenvalue weighted by Gasteiger charge is -2.48. The Morgan fingerprint density at radius 3 is 2.76 bits per heavy atom. The van der Waals surface area contributed by atoms with E-state index in [2.05, 4.69) is 27.2 Å². The minimum Gasteiger partial charge on any atom is -0.450 e. The molecule has 2 aromatic heterocycles. The second-order valence-electron chi connectivity index (χ2n) is 10.2. The van der Waals surface area contributed by atoms with Gasteiger partial charge in [0.2, 0.25) is 0 Å². The van der Waals surface area contributed by atoms with Gasteiger partial charge in [0, 0.05) is 74.2 Å². The molecule has 1 spiro atoms. The van der Waals surface area contributed by atoms with Crippen LogP contribution in [0.2, 0.25) is 0 Å². The maximum atomic E-state index is 12.0. The van der Waals surface area contributed by atoms with E-state index in [0.29, 0.717) is 24.1 Å². The van der Waals surface area contributed by atoms with Gasteiger partial charge in [-0.15, -0.1) is 0 Å². The van der Waals surface area contributed by atoms with E-state index in [9.17, 15) is 4.79 Å². The fourth-order valence-corrected chi connectivity index (χ4v) is 6.11. The molecule has 182 valence electrons. The molecule has 3 saturated heterocycles. The summed E-state index contributed by atoms with van der Waals surface area (Å²) in [6.07, 6.45) is 9.46. The zero-order valence-electron chi connectivity index (χ0n) is 19.9. The van der Waals surface area contributed by atoms with Crippen LogP contribution >= 0.6 is 0 Å². The molecule has 4 fully saturated rings. The standard InChI is InChI=1S/C25H34N6O3/c1-2-34-24(32)30-17-25(18-30)6-5-20(12-25)28-8-10-29(11-9-28)23-22(4-3-7-26-23)19-13-27-31(14-19)21-15-33-16-21/h3-4,7,13-14,20-21H,2,5-6,8-12,15-18H2,1H3/t20-/m1/s1. The van der Waals surface area contributed by atoms with Crippen molar-refractivity contribution in [1.82, 2.24) is 24.6 Å². The molecule has 34 heavy (non-hydrogen) atoms. The van der Waals surface area contributed by atoms with Crippen molar-refractivity contribution in [3.8, 4) is 11.1 Å². The van der Waals surface area contributed by atoms with E-state index in [4.69, 9.17) is 14.5 Å². The van der Waals surface area contributed by atoms with Crippen LogP contribution in [0.3, 0.4) is 0 Å². The molecule has 1 amide bonds. The Kier molecular flexibility index (Phi) is 5.69. The number of nitrogens with zero attached hydrogens (tertiary/aromatic N) is 6. The lowest BCUT2D eigenvalue weighted by atomic mass is 9.78. The van der Waals surface area contributed by atoms with Crippen LogP contribution in [0.1, 0.15) is 32.2 Å². The van der Waals surface area contributed by atoms with Crippen LogP contribution in [-0.2, 0) is 9.47 Å². The Labute approximate surface area is 200 Å². The first-order valence-corrected chi connectivity index (χ1v) is 12.6. The maximum absolute atomic E-state index is 12.0. The molecule has 0 unspecified atom stereocenters. The third kappa shape index (κ3) is 3.94. The molecule has 9 nitrogen and oxygen atoms in total. The molecule has 0 N–H and O–H groups in total. The van der Waals surface area contributed by atoms with Crippen molar-refractivity contribution in [2.75, 3.05) is 64.0 Å². The highest BCUT2D eigenvalue weighted by Gasteiger charge is 2.51. The first-order valence-electron chi connectivity index (χ1n) is 12.6. The van der Waals surface area contributed by atoms with Crippen LogP contribution in [0.4, 0.5) is 10.6 Å². The van der Waals surface area contributed by atoms with E-state index in [1.54, 1.807) is 0 Å². The summed E-state index contributed by atoms with van der Waals surface area (Å²) >= 11 is 0. The summed E-state index contributed by atoms with van der Waals surface area (Å²) in [5.41, 5.74) is 2.58. The number of amides is 1. The highest BCUT2D eigenvalue weighted by Crippen LogP contribution is 2.47. The molecule has 9 heteroatoms. The van der Waals surface area contributed by atoms with Crippen molar-refractivity contribution in [3.05, 3.63) is 30.7 Å². The van der Waals surface area contributed by atoms with Gasteiger partial charge in [-0.1, -0.05) is 0 Å². The Balaban J connectivity index is 1.06. The molecule has 1 saturated carbocycles. The predicted octanol–water partition coefficient (Wildman–Crippen LogP) is 2.65. The number of hydrogen-bond acceptors (Lipinski definition) is 7. The average molecular weight is 467 g/mol. The first kappa shape index (κ1) is 21.9. The van der Waals surface area contributed by atoms with Gasteiger partial charge in [-0.05, 0) is 38.3 Å².